The topological polar surface area (TPSA) is 66.0 Å². The lowest BCUT2D eigenvalue weighted by Gasteiger charge is -2.34. The predicted molar refractivity (Wildman–Crippen MR) is 119 cm³/mol. The first-order valence-corrected chi connectivity index (χ1v) is 12.2. The molecule has 0 spiro atoms. The Morgan fingerprint density at radius 3 is 2.46 bits per heavy atom. The highest BCUT2D eigenvalue weighted by atomic mass is 32.2. The van der Waals surface area contributed by atoms with Gasteiger partial charge in [0.15, 0.2) is 5.96 Å². The summed E-state index contributed by atoms with van der Waals surface area (Å²) in [5.41, 5.74) is 0. The molecule has 1 heterocycles. The van der Waals surface area contributed by atoms with E-state index < -0.39 is 0 Å². The fourth-order valence-electron chi connectivity index (χ4n) is 4.07. The van der Waals surface area contributed by atoms with Gasteiger partial charge in [0, 0.05) is 56.8 Å². The summed E-state index contributed by atoms with van der Waals surface area (Å²) >= 11 is 1.95. The first kappa shape index (κ1) is 23.3. The first-order valence-electron chi connectivity index (χ1n) is 11.0. The van der Waals surface area contributed by atoms with Crippen LogP contribution < -0.4 is 10.6 Å². The SMILES string of the molecule is CCOC(CCNC(=NC)NC1CCC(C(=O)N2CCSCC2)CC1)C(C)C. The number of hydrogen-bond acceptors (Lipinski definition) is 4. The second kappa shape index (κ2) is 12.6. The van der Waals surface area contributed by atoms with E-state index in [9.17, 15) is 4.79 Å². The van der Waals surface area contributed by atoms with E-state index >= 15 is 0 Å². The van der Waals surface area contributed by atoms with Gasteiger partial charge in [-0.2, -0.15) is 11.8 Å². The molecule has 162 valence electrons. The number of hydrogen-bond donors (Lipinski definition) is 2. The largest absolute Gasteiger partial charge is 0.378 e. The Balaban J connectivity index is 1.69. The molecular formula is C21H40N4O2S. The Morgan fingerprint density at radius 2 is 1.89 bits per heavy atom. The minimum atomic E-state index is 0.217. The second-order valence-corrected chi connectivity index (χ2v) is 9.38. The van der Waals surface area contributed by atoms with Crippen molar-refractivity contribution in [2.24, 2.45) is 16.8 Å². The molecule has 0 aromatic rings. The van der Waals surface area contributed by atoms with Crippen LogP contribution in [0.25, 0.3) is 0 Å². The molecule has 2 fully saturated rings. The predicted octanol–water partition coefficient (Wildman–Crippen LogP) is 2.74. The van der Waals surface area contributed by atoms with Crippen molar-refractivity contribution in [3.63, 3.8) is 0 Å². The lowest BCUT2D eigenvalue weighted by Crippen LogP contribution is -2.47. The molecule has 2 rings (SSSR count). The van der Waals surface area contributed by atoms with Crippen LogP contribution in [0.3, 0.4) is 0 Å². The number of carbonyl (C=O) groups excluding carboxylic acids is 1. The summed E-state index contributed by atoms with van der Waals surface area (Å²) in [4.78, 5) is 19.2. The van der Waals surface area contributed by atoms with Crippen molar-refractivity contribution in [2.45, 2.75) is 65.0 Å². The number of guanidine groups is 1. The standard InChI is InChI=1S/C21H40N4O2S/c1-5-27-19(16(2)3)10-11-23-21(22-4)24-18-8-6-17(7-9-18)20(26)25-12-14-28-15-13-25/h16-19H,5-15H2,1-4H3,(H2,22,23,24). The quantitative estimate of drug-likeness (QED) is 0.474. The van der Waals surface area contributed by atoms with Gasteiger partial charge in [0.25, 0.3) is 0 Å². The Hall–Kier alpha value is -0.950. The zero-order valence-electron chi connectivity index (χ0n) is 18.2. The molecule has 1 saturated heterocycles. The third kappa shape index (κ3) is 7.47. The van der Waals surface area contributed by atoms with E-state index in [1.807, 2.05) is 18.8 Å². The number of nitrogens with one attached hydrogen (secondary N) is 2. The van der Waals surface area contributed by atoms with Crippen LogP contribution in [0, 0.1) is 11.8 Å². The van der Waals surface area contributed by atoms with Crippen molar-refractivity contribution in [3.8, 4) is 0 Å². The molecule has 1 aliphatic heterocycles. The Morgan fingerprint density at radius 1 is 1.21 bits per heavy atom. The first-order chi connectivity index (χ1) is 13.5. The third-order valence-electron chi connectivity index (χ3n) is 5.81. The third-order valence-corrected chi connectivity index (χ3v) is 6.75. The number of amides is 1. The lowest BCUT2D eigenvalue weighted by atomic mass is 9.85. The average Bonchev–Trinajstić information content (AvgIpc) is 2.72. The summed E-state index contributed by atoms with van der Waals surface area (Å²) in [6, 6.07) is 0.403. The van der Waals surface area contributed by atoms with Crippen molar-refractivity contribution in [2.75, 3.05) is 44.8 Å². The average molecular weight is 413 g/mol. The molecule has 0 radical (unpaired) electrons. The van der Waals surface area contributed by atoms with Crippen LogP contribution in [-0.2, 0) is 9.53 Å². The molecule has 7 heteroatoms. The summed E-state index contributed by atoms with van der Waals surface area (Å²) in [5, 5.41) is 6.98. The van der Waals surface area contributed by atoms with Crippen LogP contribution in [-0.4, -0.2) is 73.7 Å². The van der Waals surface area contributed by atoms with Gasteiger partial charge in [-0.25, -0.2) is 0 Å². The van der Waals surface area contributed by atoms with Gasteiger partial charge >= 0.3 is 0 Å². The zero-order chi connectivity index (χ0) is 20.4. The van der Waals surface area contributed by atoms with Gasteiger partial charge in [0.1, 0.15) is 0 Å². The monoisotopic (exact) mass is 412 g/mol. The number of carbonyl (C=O) groups is 1. The molecule has 1 unspecified atom stereocenters. The number of ether oxygens (including phenoxy) is 1. The van der Waals surface area contributed by atoms with Crippen molar-refractivity contribution >= 4 is 23.6 Å². The van der Waals surface area contributed by atoms with E-state index in [1.165, 1.54) is 0 Å². The van der Waals surface area contributed by atoms with Crippen LogP contribution >= 0.6 is 11.8 Å². The summed E-state index contributed by atoms with van der Waals surface area (Å²) in [6.07, 6.45) is 5.29. The molecule has 2 N–H and O–H groups in total. The summed E-state index contributed by atoms with van der Waals surface area (Å²) in [6.45, 7) is 9.92. The number of rotatable bonds is 8. The normalized spacial score (nSPS) is 24.9. The number of nitrogens with zero attached hydrogens (tertiary/aromatic N) is 2. The number of thioether (sulfide) groups is 1. The van der Waals surface area contributed by atoms with E-state index in [2.05, 4.69) is 41.3 Å². The molecule has 0 aromatic heterocycles. The van der Waals surface area contributed by atoms with E-state index in [0.717, 1.165) is 75.8 Å². The maximum atomic E-state index is 12.7. The molecule has 1 aliphatic carbocycles. The van der Waals surface area contributed by atoms with Gasteiger partial charge in [-0.05, 0) is 44.9 Å². The van der Waals surface area contributed by atoms with Crippen LogP contribution in [0.5, 0.6) is 0 Å². The van der Waals surface area contributed by atoms with Crippen molar-refractivity contribution < 1.29 is 9.53 Å². The summed E-state index contributed by atoms with van der Waals surface area (Å²) < 4.78 is 5.82. The van der Waals surface area contributed by atoms with Gasteiger partial charge in [-0.15, -0.1) is 0 Å². The Bertz CT molecular complexity index is 487. The highest BCUT2D eigenvalue weighted by Gasteiger charge is 2.30. The second-order valence-electron chi connectivity index (χ2n) is 8.16. The van der Waals surface area contributed by atoms with Crippen LogP contribution in [0.2, 0.25) is 0 Å². The van der Waals surface area contributed by atoms with Crippen molar-refractivity contribution in [1.29, 1.82) is 0 Å². The van der Waals surface area contributed by atoms with Gasteiger partial charge in [0.2, 0.25) is 5.91 Å². The van der Waals surface area contributed by atoms with Crippen molar-refractivity contribution in [3.05, 3.63) is 0 Å². The molecule has 2 aliphatic rings. The molecule has 6 nitrogen and oxygen atoms in total. The summed E-state index contributed by atoms with van der Waals surface area (Å²) in [7, 11) is 1.82. The van der Waals surface area contributed by atoms with Crippen LogP contribution in [0.15, 0.2) is 4.99 Å². The Kier molecular flexibility index (Phi) is 10.5. The fraction of sp³-hybridized carbons (Fsp3) is 0.905. The van der Waals surface area contributed by atoms with Gasteiger partial charge < -0.3 is 20.3 Å². The highest BCUT2D eigenvalue weighted by molar-refractivity contribution is 7.99. The van der Waals surface area contributed by atoms with E-state index in [4.69, 9.17) is 4.74 Å². The maximum Gasteiger partial charge on any atom is 0.225 e. The molecule has 1 atom stereocenters. The molecule has 28 heavy (non-hydrogen) atoms. The smallest absolute Gasteiger partial charge is 0.225 e. The van der Waals surface area contributed by atoms with Crippen LogP contribution in [0.1, 0.15) is 52.9 Å². The molecule has 0 bridgehead atoms. The van der Waals surface area contributed by atoms with E-state index in [-0.39, 0.29) is 12.0 Å². The molecule has 0 aromatic carbocycles. The number of aliphatic imine (C=N–C) groups is 1. The summed E-state index contributed by atoms with van der Waals surface area (Å²) in [5.74, 6) is 4.16. The Labute approximate surface area is 175 Å². The van der Waals surface area contributed by atoms with Crippen molar-refractivity contribution in [1.82, 2.24) is 15.5 Å². The molecule has 1 saturated carbocycles. The minimum Gasteiger partial charge on any atom is -0.378 e. The van der Waals surface area contributed by atoms with E-state index in [0.29, 0.717) is 17.9 Å². The van der Waals surface area contributed by atoms with Crippen LogP contribution in [0.4, 0.5) is 0 Å². The zero-order valence-corrected chi connectivity index (χ0v) is 19.0. The van der Waals surface area contributed by atoms with Gasteiger partial charge in [0.05, 0.1) is 6.10 Å². The minimum absolute atomic E-state index is 0.217. The fourth-order valence-corrected chi connectivity index (χ4v) is 4.97. The van der Waals surface area contributed by atoms with Gasteiger partial charge in [-0.1, -0.05) is 13.8 Å². The van der Waals surface area contributed by atoms with Gasteiger partial charge in [-0.3, -0.25) is 9.79 Å². The maximum absolute atomic E-state index is 12.7. The molecular weight excluding hydrogens is 372 g/mol. The lowest BCUT2D eigenvalue weighted by molar-refractivity contribution is -0.136. The highest BCUT2D eigenvalue weighted by Crippen LogP contribution is 2.27. The van der Waals surface area contributed by atoms with E-state index in [1.54, 1.807) is 0 Å². The molecule has 1 amide bonds.